The quantitative estimate of drug-likeness (QED) is 0.0195. The zero-order valence-corrected chi connectivity index (χ0v) is 54.4. The molecular formula is C73H133NO10. The van der Waals surface area contributed by atoms with E-state index in [-0.39, 0.29) is 18.5 Å². The van der Waals surface area contributed by atoms with E-state index < -0.39 is 49.5 Å². The first-order chi connectivity index (χ1) is 41.2. The monoisotopic (exact) mass is 1180 g/mol. The molecule has 84 heavy (non-hydrogen) atoms. The third-order valence-corrected chi connectivity index (χ3v) is 16.6. The number of nitrogens with one attached hydrogen (secondary N) is 1. The highest BCUT2D eigenvalue weighted by atomic mass is 16.7. The third-order valence-electron chi connectivity index (χ3n) is 16.6. The van der Waals surface area contributed by atoms with E-state index in [9.17, 15) is 35.1 Å². The highest BCUT2D eigenvalue weighted by Crippen LogP contribution is 2.23. The predicted octanol–water partition coefficient (Wildman–Crippen LogP) is 18.1. The van der Waals surface area contributed by atoms with Gasteiger partial charge in [0.2, 0.25) is 5.91 Å². The lowest BCUT2D eigenvalue weighted by Gasteiger charge is -2.40. The third kappa shape index (κ3) is 50.4. The summed E-state index contributed by atoms with van der Waals surface area (Å²) in [7, 11) is 0. The summed E-state index contributed by atoms with van der Waals surface area (Å²) in [5.74, 6) is -0.191. The van der Waals surface area contributed by atoms with Gasteiger partial charge in [-0.2, -0.15) is 0 Å². The zero-order valence-electron chi connectivity index (χ0n) is 54.4. The largest absolute Gasteiger partial charge is 0.466 e. The van der Waals surface area contributed by atoms with Crippen molar-refractivity contribution < 1.29 is 49.3 Å². The SMILES string of the molecule is CCCCCC/C=C\C/C=C\CCCCCCCC(=O)OCCCCCCCCCCC/C=C\C/C=C\CCCCCCCCCCCCCCCCCC(=O)NC(COC1OC(CO)C(O)C(O)C1O)C(O)/C=C/CCCCCCCCC. The maximum Gasteiger partial charge on any atom is 0.305 e. The van der Waals surface area contributed by atoms with Crippen LogP contribution in [0.4, 0.5) is 0 Å². The van der Waals surface area contributed by atoms with Crippen LogP contribution >= 0.6 is 0 Å². The molecule has 0 aliphatic carbocycles. The fourth-order valence-electron chi connectivity index (χ4n) is 11.0. The molecule has 7 atom stereocenters. The molecule has 1 fully saturated rings. The van der Waals surface area contributed by atoms with Gasteiger partial charge in [0.05, 0.1) is 32.0 Å². The lowest BCUT2D eigenvalue weighted by atomic mass is 9.99. The average molecular weight is 1180 g/mol. The zero-order chi connectivity index (χ0) is 60.9. The Labute approximate surface area is 516 Å². The Bertz CT molecular complexity index is 1580. The molecule has 0 aromatic heterocycles. The number of allylic oxidation sites excluding steroid dienone is 9. The number of carbonyl (C=O) groups is 2. The first kappa shape index (κ1) is 79.4. The van der Waals surface area contributed by atoms with Crippen molar-refractivity contribution >= 4 is 11.9 Å². The average Bonchev–Trinajstić information content (AvgIpc) is 3.68. The van der Waals surface area contributed by atoms with Crippen LogP contribution in [0.3, 0.4) is 0 Å². The van der Waals surface area contributed by atoms with Gasteiger partial charge in [-0.15, -0.1) is 0 Å². The number of hydrogen-bond donors (Lipinski definition) is 6. The summed E-state index contributed by atoms with van der Waals surface area (Å²) in [5.41, 5.74) is 0. The van der Waals surface area contributed by atoms with Crippen molar-refractivity contribution in [3.05, 3.63) is 60.8 Å². The van der Waals surface area contributed by atoms with E-state index in [1.807, 2.05) is 6.08 Å². The number of ether oxygens (including phenoxy) is 3. The topological polar surface area (TPSA) is 175 Å². The molecule has 1 saturated heterocycles. The summed E-state index contributed by atoms with van der Waals surface area (Å²) in [6.07, 6.45) is 72.3. The molecule has 0 bridgehead atoms. The van der Waals surface area contributed by atoms with Crippen LogP contribution in [0.1, 0.15) is 328 Å². The lowest BCUT2D eigenvalue weighted by Crippen LogP contribution is -2.60. The van der Waals surface area contributed by atoms with Crippen molar-refractivity contribution in [2.75, 3.05) is 19.8 Å². The molecule has 0 aromatic rings. The number of hydrogen-bond acceptors (Lipinski definition) is 10. The van der Waals surface area contributed by atoms with E-state index in [4.69, 9.17) is 14.2 Å². The first-order valence-electron chi connectivity index (χ1n) is 35.6. The van der Waals surface area contributed by atoms with Crippen LogP contribution in [0.5, 0.6) is 0 Å². The minimum absolute atomic E-state index is 0.00855. The van der Waals surface area contributed by atoms with E-state index in [2.05, 4.69) is 67.8 Å². The van der Waals surface area contributed by atoms with Crippen LogP contribution < -0.4 is 5.32 Å². The lowest BCUT2D eigenvalue weighted by molar-refractivity contribution is -0.302. The van der Waals surface area contributed by atoms with Crippen LogP contribution in [-0.2, 0) is 23.8 Å². The van der Waals surface area contributed by atoms with E-state index in [0.29, 0.717) is 19.4 Å². The minimum atomic E-state index is -1.57. The number of unbranched alkanes of at least 4 members (excludes halogenated alkanes) is 40. The highest BCUT2D eigenvalue weighted by molar-refractivity contribution is 5.76. The number of aliphatic hydroxyl groups excluding tert-OH is 5. The number of aliphatic hydroxyl groups is 5. The van der Waals surface area contributed by atoms with Crippen molar-refractivity contribution in [3.63, 3.8) is 0 Å². The molecule has 1 aliphatic rings. The maximum atomic E-state index is 13.0. The van der Waals surface area contributed by atoms with Crippen LogP contribution in [0, 0.1) is 0 Å². The van der Waals surface area contributed by atoms with Gasteiger partial charge in [-0.3, -0.25) is 9.59 Å². The molecule has 0 aromatic carbocycles. The Hall–Kier alpha value is -2.64. The highest BCUT2D eigenvalue weighted by Gasteiger charge is 2.44. The molecule has 1 amide bonds. The van der Waals surface area contributed by atoms with Gasteiger partial charge >= 0.3 is 5.97 Å². The second-order valence-corrected chi connectivity index (χ2v) is 24.6. The summed E-state index contributed by atoms with van der Waals surface area (Å²) in [4.78, 5) is 25.1. The van der Waals surface area contributed by atoms with Crippen LogP contribution in [-0.4, -0.2) is 100 Å². The molecule has 0 saturated carbocycles. The fourth-order valence-corrected chi connectivity index (χ4v) is 11.0. The van der Waals surface area contributed by atoms with Gasteiger partial charge in [0, 0.05) is 12.8 Å². The molecule has 7 unspecified atom stereocenters. The molecule has 0 radical (unpaired) electrons. The van der Waals surface area contributed by atoms with E-state index in [1.165, 1.54) is 231 Å². The number of esters is 1. The molecular weight excluding hydrogens is 1050 g/mol. The molecule has 11 heteroatoms. The number of rotatable bonds is 62. The molecule has 0 spiro atoms. The Kier molecular flexibility index (Phi) is 58.6. The van der Waals surface area contributed by atoms with Gasteiger partial charge in [0.25, 0.3) is 0 Å². The molecule has 1 heterocycles. The summed E-state index contributed by atoms with van der Waals surface area (Å²) >= 11 is 0. The van der Waals surface area contributed by atoms with Crippen molar-refractivity contribution in [1.82, 2.24) is 5.32 Å². The van der Waals surface area contributed by atoms with Gasteiger partial charge < -0.3 is 45.1 Å². The molecule has 6 N–H and O–H groups in total. The Morgan fingerprint density at radius 1 is 0.440 bits per heavy atom. The summed E-state index contributed by atoms with van der Waals surface area (Å²) in [5, 5.41) is 54.3. The van der Waals surface area contributed by atoms with Gasteiger partial charge in [-0.05, 0) is 96.3 Å². The smallest absolute Gasteiger partial charge is 0.305 e. The Morgan fingerprint density at radius 2 is 0.798 bits per heavy atom. The number of amides is 1. The van der Waals surface area contributed by atoms with Crippen molar-refractivity contribution in [2.45, 2.75) is 371 Å². The summed E-state index contributed by atoms with van der Waals surface area (Å²) in [6, 6.07) is -0.809. The Balaban J connectivity index is 1.92. The second-order valence-electron chi connectivity index (χ2n) is 24.6. The van der Waals surface area contributed by atoms with E-state index >= 15 is 0 Å². The molecule has 11 nitrogen and oxygen atoms in total. The minimum Gasteiger partial charge on any atom is -0.466 e. The summed E-state index contributed by atoms with van der Waals surface area (Å²) < 4.78 is 16.7. The molecule has 1 aliphatic heterocycles. The molecule has 1 rings (SSSR count). The van der Waals surface area contributed by atoms with E-state index in [1.54, 1.807) is 6.08 Å². The second kappa shape index (κ2) is 62.0. The Morgan fingerprint density at radius 3 is 1.21 bits per heavy atom. The van der Waals surface area contributed by atoms with Gasteiger partial charge in [-0.25, -0.2) is 0 Å². The van der Waals surface area contributed by atoms with Gasteiger partial charge in [-0.1, -0.05) is 280 Å². The fraction of sp³-hybridized carbons (Fsp3) is 0.836. The standard InChI is InChI=1S/C73H133NO10/c1-3-5-7-9-11-13-14-15-16-35-38-41-45-49-53-57-61-69(78)82-62-58-54-50-46-42-39-36-33-31-29-27-25-23-21-19-17-18-20-22-24-26-28-30-32-34-37-40-44-48-52-56-60-68(77)74-65(66(76)59-55-51-47-43-12-10-8-6-4-2)64-83-73-72(81)71(80)70(79)67(63-75)84-73/h13-14,16,19,21,25,27,35,55,59,65-67,70-73,75-76,79-81H,3-12,15,17-18,20,22-24,26,28-34,36-54,56-58,60-64H2,1-2H3,(H,74,77)/b14-13-,21-19-,27-25-,35-16-,59-55+. The van der Waals surface area contributed by atoms with Crippen molar-refractivity contribution in [1.29, 1.82) is 0 Å². The van der Waals surface area contributed by atoms with Crippen molar-refractivity contribution in [3.8, 4) is 0 Å². The van der Waals surface area contributed by atoms with Crippen LogP contribution in [0.25, 0.3) is 0 Å². The maximum absolute atomic E-state index is 13.0. The first-order valence-corrected chi connectivity index (χ1v) is 35.6. The van der Waals surface area contributed by atoms with Crippen molar-refractivity contribution in [2.24, 2.45) is 0 Å². The van der Waals surface area contributed by atoms with E-state index in [0.717, 1.165) is 70.6 Å². The van der Waals surface area contributed by atoms with Crippen LogP contribution in [0.2, 0.25) is 0 Å². The number of carbonyl (C=O) groups excluding carboxylic acids is 2. The normalized spacial score (nSPS) is 18.4. The van der Waals surface area contributed by atoms with Gasteiger partial charge in [0.15, 0.2) is 6.29 Å². The van der Waals surface area contributed by atoms with Crippen LogP contribution in [0.15, 0.2) is 60.8 Å². The predicted molar refractivity (Wildman–Crippen MR) is 352 cm³/mol. The van der Waals surface area contributed by atoms with Gasteiger partial charge in [0.1, 0.15) is 24.4 Å². The molecule has 490 valence electrons. The summed E-state index contributed by atoms with van der Waals surface area (Å²) in [6.45, 7) is 4.31.